The van der Waals surface area contributed by atoms with Crippen molar-refractivity contribution in [1.82, 2.24) is 25.3 Å². The first-order chi connectivity index (χ1) is 10.5. The molecule has 0 spiro atoms. The lowest BCUT2D eigenvalue weighted by Gasteiger charge is -2.16. The molecule has 2 unspecified atom stereocenters. The molecule has 2 aromatic heterocycles. The maximum Gasteiger partial charge on any atom is 0.216 e. The van der Waals surface area contributed by atoms with E-state index in [0.717, 1.165) is 0 Å². The maximum atomic E-state index is 10.8. The summed E-state index contributed by atoms with van der Waals surface area (Å²) < 4.78 is 1.42. The van der Waals surface area contributed by atoms with Crippen molar-refractivity contribution >= 4 is 17.5 Å². The van der Waals surface area contributed by atoms with Crippen LogP contribution in [-0.2, 0) is 4.79 Å². The molecule has 0 radical (unpaired) electrons. The van der Waals surface area contributed by atoms with Crippen LogP contribution < -0.4 is 5.32 Å². The van der Waals surface area contributed by atoms with Crippen molar-refractivity contribution in [3.8, 4) is 5.82 Å². The molecule has 118 valence electrons. The van der Waals surface area contributed by atoms with Crippen molar-refractivity contribution in [2.75, 3.05) is 6.54 Å². The molecule has 0 aliphatic rings. The molecule has 0 aliphatic carbocycles. The van der Waals surface area contributed by atoms with Crippen LogP contribution in [0.5, 0.6) is 0 Å². The zero-order valence-corrected chi connectivity index (χ0v) is 12.6. The summed E-state index contributed by atoms with van der Waals surface area (Å²) in [7, 11) is 0. The van der Waals surface area contributed by atoms with Crippen LogP contribution in [-0.4, -0.2) is 48.7 Å². The van der Waals surface area contributed by atoms with Crippen LogP contribution in [0.2, 0.25) is 5.15 Å². The van der Waals surface area contributed by atoms with Crippen molar-refractivity contribution in [3.05, 3.63) is 35.2 Å². The first-order valence-corrected chi connectivity index (χ1v) is 7.00. The summed E-state index contributed by atoms with van der Waals surface area (Å²) in [4.78, 5) is 10.8. The number of aliphatic hydroxyl groups excluding tert-OH is 2. The summed E-state index contributed by atoms with van der Waals surface area (Å²) in [6.07, 6.45) is 1.09. The van der Waals surface area contributed by atoms with E-state index in [1.165, 1.54) is 17.8 Å². The van der Waals surface area contributed by atoms with Gasteiger partial charge in [-0.2, -0.15) is 5.10 Å². The number of rotatable bonds is 6. The summed E-state index contributed by atoms with van der Waals surface area (Å²) in [5, 5.41) is 34.5. The Balaban J connectivity index is 2.00. The number of nitrogens with one attached hydrogen (secondary N) is 1. The van der Waals surface area contributed by atoms with E-state index in [-0.39, 0.29) is 24.0 Å². The molecular formula is C13H16ClN5O3. The minimum Gasteiger partial charge on any atom is -0.390 e. The number of hydrogen-bond acceptors (Lipinski definition) is 6. The van der Waals surface area contributed by atoms with Crippen LogP contribution in [0.25, 0.3) is 5.82 Å². The topological polar surface area (TPSA) is 113 Å². The molecule has 9 heteroatoms. The van der Waals surface area contributed by atoms with E-state index in [2.05, 4.69) is 20.6 Å². The van der Waals surface area contributed by atoms with E-state index in [1.54, 1.807) is 18.3 Å². The number of amides is 1. The summed E-state index contributed by atoms with van der Waals surface area (Å²) in [6.45, 7) is 1.67. The minimum atomic E-state index is -1.11. The quantitative estimate of drug-likeness (QED) is 0.701. The van der Waals surface area contributed by atoms with Crippen molar-refractivity contribution in [1.29, 1.82) is 0 Å². The van der Waals surface area contributed by atoms with Gasteiger partial charge in [-0.15, -0.1) is 10.2 Å². The zero-order valence-electron chi connectivity index (χ0n) is 11.8. The number of aliphatic hydroxyl groups is 2. The van der Waals surface area contributed by atoms with Gasteiger partial charge in [0.05, 0.1) is 12.3 Å². The highest BCUT2D eigenvalue weighted by Gasteiger charge is 2.20. The maximum absolute atomic E-state index is 10.8. The van der Waals surface area contributed by atoms with Gasteiger partial charge in [-0.1, -0.05) is 11.6 Å². The third-order valence-electron chi connectivity index (χ3n) is 2.98. The fourth-order valence-corrected chi connectivity index (χ4v) is 1.92. The van der Waals surface area contributed by atoms with Gasteiger partial charge in [0, 0.05) is 25.2 Å². The molecule has 0 aromatic carbocycles. The van der Waals surface area contributed by atoms with Gasteiger partial charge in [0.25, 0.3) is 0 Å². The smallest absolute Gasteiger partial charge is 0.216 e. The molecule has 2 aromatic rings. The lowest BCUT2D eigenvalue weighted by molar-refractivity contribution is -0.119. The third kappa shape index (κ3) is 4.23. The molecular weight excluding hydrogens is 310 g/mol. The molecule has 22 heavy (non-hydrogen) atoms. The van der Waals surface area contributed by atoms with Crippen LogP contribution in [0.1, 0.15) is 25.0 Å². The predicted octanol–water partition coefficient (Wildman–Crippen LogP) is 0.236. The van der Waals surface area contributed by atoms with Gasteiger partial charge in [-0.25, -0.2) is 4.68 Å². The second-order valence-corrected chi connectivity index (χ2v) is 5.10. The highest BCUT2D eigenvalue weighted by atomic mass is 35.5. The van der Waals surface area contributed by atoms with E-state index >= 15 is 0 Å². The van der Waals surface area contributed by atoms with Crippen molar-refractivity contribution in [2.24, 2.45) is 0 Å². The van der Waals surface area contributed by atoms with Gasteiger partial charge in [-0.05, 0) is 18.6 Å². The summed E-state index contributed by atoms with van der Waals surface area (Å²) in [6, 6.07) is 3.20. The van der Waals surface area contributed by atoms with E-state index in [0.29, 0.717) is 11.4 Å². The van der Waals surface area contributed by atoms with Gasteiger partial charge < -0.3 is 15.5 Å². The van der Waals surface area contributed by atoms with Gasteiger partial charge in [0.1, 0.15) is 6.10 Å². The van der Waals surface area contributed by atoms with Gasteiger partial charge in [-0.3, -0.25) is 4.79 Å². The Bertz CT molecular complexity index is 631. The standard InChI is InChI=1S/C13H16ClN5O3/c1-8(20)15-5-4-10(21)13(22)9-6-16-19(7-9)12-3-2-11(14)17-18-12/h2-3,6-7,10,13,21-22H,4-5H2,1H3,(H,15,20). The number of halogens is 1. The highest BCUT2D eigenvalue weighted by Crippen LogP contribution is 2.19. The van der Waals surface area contributed by atoms with Crippen LogP contribution in [0, 0.1) is 0 Å². The first-order valence-electron chi connectivity index (χ1n) is 6.62. The summed E-state index contributed by atoms with van der Waals surface area (Å²) in [5.74, 6) is 0.256. The molecule has 0 saturated heterocycles. The van der Waals surface area contributed by atoms with Gasteiger partial charge in [0.2, 0.25) is 5.91 Å². The minimum absolute atomic E-state index is 0.184. The predicted molar refractivity (Wildman–Crippen MR) is 78.4 cm³/mol. The number of carbonyl (C=O) groups is 1. The Morgan fingerprint density at radius 3 is 2.82 bits per heavy atom. The number of carbonyl (C=O) groups excluding carboxylic acids is 1. The van der Waals surface area contributed by atoms with E-state index < -0.39 is 12.2 Å². The van der Waals surface area contributed by atoms with Crippen LogP contribution in [0.4, 0.5) is 0 Å². The second-order valence-electron chi connectivity index (χ2n) is 4.72. The van der Waals surface area contributed by atoms with Crippen molar-refractivity contribution in [2.45, 2.75) is 25.6 Å². The lowest BCUT2D eigenvalue weighted by atomic mass is 10.1. The molecule has 2 atom stereocenters. The molecule has 3 N–H and O–H groups in total. The van der Waals surface area contributed by atoms with Gasteiger partial charge in [0.15, 0.2) is 11.0 Å². The molecule has 0 aliphatic heterocycles. The average Bonchev–Trinajstić information content (AvgIpc) is 2.96. The monoisotopic (exact) mass is 325 g/mol. The summed E-state index contributed by atoms with van der Waals surface area (Å²) in [5.41, 5.74) is 0.437. The molecule has 0 saturated carbocycles. The second kappa shape index (κ2) is 7.30. The molecule has 0 fully saturated rings. The largest absolute Gasteiger partial charge is 0.390 e. The Morgan fingerprint density at radius 1 is 1.41 bits per heavy atom. The highest BCUT2D eigenvalue weighted by molar-refractivity contribution is 6.29. The normalized spacial score (nSPS) is 13.6. The average molecular weight is 326 g/mol. The lowest BCUT2D eigenvalue weighted by Crippen LogP contribution is -2.27. The van der Waals surface area contributed by atoms with E-state index in [1.807, 2.05) is 0 Å². The molecule has 2 rings (SSSR count). The SMILES string of the molecule is CC(=O)NCCC(O)C(O)c1cnn(-c2ccc(Cl)nn2)c1. The third-order valence-corrected chi connectivity index (χ3v) is 3.18. The van der Waals surface area contributed by atoms with E-state index in [4.69, 9.17) is 11.6 Å². The molecule has 0 bridgehead atoms. The zero-order chi connectivity index (χ0) is 16.1. The fraction of sp³-hybridized carbons (Fsp3) is 0.385. The van der Waals surface area contributed by atoms with E-state index in [9.17, 15) is 15.0 Å². The van der Waals surface area contributed by atoms with Crippen LogP contribution >= 0.6 is 11.6 Å². The number of nitrogens with zero attached hydrogens (tertiary/aromatic N) is 4. The number of aromatic nitrogens is 4. The summed E-state index contributed by atoms with van der Waals surface area (Å²) >= 11 is 5.66. The van der Waals surface area contributed by atoms with Crippen LogP contribution in [0.15, 0.2) is 24.5 Å². The Kier molecular flexibility index (Phi) is 5.42. The molecule has 8 nitrogen and oxygen atoms in total. The Hall–Kier alpha value is -2.03. The van der Waals surface area contributed by atoms with Crippen LogP contribution in [0.3, 0.4) is 0 Å². The first kappa shape index (κ1) is 16.3. The fourth-order valence-electron chi connectivity index (χ4n) is 1.82. The Labute approximate surface area is 131 Å². The number of hydrogen-bond donors (Lipinski definition) is 3. The van der Waals surface area contributed by atoms with Crippen molar-refractivity contribution < 1.29 is 15.0 Å². The Morgan fingerprint density at radius 2 is 2.18 bits per heavy atom. The van der Waals surface area contributed by atoms with Gasteiger partial charge >= 0.3 is 0 Å². The molecule has 1 amide bonds. The van der Waals surface area contributed by atoms with Crippen molar-refractivity contribution in [3.63, 3.8) is 0 Å². The molecule has 2 heterocycles.